The van der Waals surface area contributed by atoms with Crippen molar-refractivity contribution >= 4 is 15.9 Å². The number of aromatic amines is 1. The Kier molecular flexibility index (Phi) is 2.64. The third-order valence-corrected chi connectivity index (χ3v) is 2.73. The van der Waals surface area contributed by atoms with E-state index in [9.17, 15) is 4.79 Å². The monoisotopic (exact) mass is 268 g/mol. The van der Waals surface area contributed by atoms with Gasteiger partial charge in [0.25, 0.3) is 0 Å². The summed E-state index contributed by atoms with van der Waals surface area (Å²) in [4.78, 5) is 14.0. The molecule has 5 heteroatoms. The van der Waals surface area contributed by atoms with E-state index in [1.165, 1.54) is 4.57 Å². The molecule has 15 heavy (non-hydrogen) atoms. The molecule has 0 amide bonds. The van der Waals surface area contributed by atoms with Crippen molar-refractivity contribution in [1.29, 1.82) is 0 Å². The first-order valence-corrected chi connectivity index (χ1v) is 5.11. The zero-order valence-electron chi connectivity index (χ0n) is 8.03. The number of aromatic nitrogens is 2. The van der Waals surface area contributed by atoms with E-state index in [4.69, 9.17) is 4.74 Å². The number of halogens is 1. The molecule has 0 aliphatic rings. The number of imidazole rings is 1. The molecule has 0 spiro atoms. The Bertz CT molecular complexity index is 530. The van der Waals surface area contributed by atoms with Crippen molar-refractivity contribution in [2.24, 2.45) is 0 Å². The standard InChI is InChI=1S/C10H9BrN2O2/c1-15-7-2-3-8(11)9(6-7)13-5-4-12-10(13)14/h2-6H,1H3,(H,12,14). The minimum absolute atomic E-state index is 0.177. The number of benzene rings is 1. The first-order valence-electron chi connectivity index (χ1n) is 4.32. The molecular weight excluding hydrogens is 260 g/mol. The van der Waals surface area contributed by atoms with Crippen LogP contribution in [-0.2, 0) is 0 Å². The number of H-pyrrole nitrogens is 1. The highest BCUT2D eigenvalue weighted by Crippen LogP contribution is 2.24. The lowest BCUT2D eigenvalue weighted by Gasteiger charge is -2.06. The van der Waals surface area contributed by atoms with E-state index >= 15 is 0 Å². The summed E-state index contributed by atoms with van der Waals surface area (Å²) in [6.45, 7) is 0. The summed E-state index contributed by atoms with van der Waals surface area (Å²) in [5.41, 5.74) is 0.574. The average molecular weight is 269 g/mol. The quantitative estimate of drug-likeness (QED) is 0.905. The minimum atomic E-state index is -0.177. The van der Waals surface area contributed by atoms with Crippen molar-refractivity contribution in [3.8, 4) is 11.4 Å². The molecule has 1 N–H and O–H groups in total. The highest BCUT2D eigenvalue weighted by Gasteiger charge is 2.06. The summed E-state index contributed by atoms with van der Waals surface area (Å²) in [5, 5.41) is 0. The molecular formula is C10H9BrN2O2. The fourth-order valence-electron chi connectivity index (χ4n) is 1.31. The van der Waals surface area contributed by atoms with Gasteiger partial charge in [-0.3, -0.25) is 4.57 Å². The zero-order valence-corrected chi connectivity index (χ0v) is 9.61. The maximum atomic E-state index is 11.4. The lowest BCUT2D eigenvalue weighted by atomic mass is 10.3. The lowest BCUT2D eigenvalue weighted by molar-refractivity contribution is 0.414. The van der Waals surface area contributed by atoms with Gasteiger partial charge in [0.1, 0.15) is 5.75 Å². The Balaban J connectivity index is 2.62. The van der Waals surface area contributed by atoms with Crippen LogP contribution in [-0.4, -0.2) is 16.7 Å². The maximum absolute atomic E-state index is 11.4. The van der Waals surface area contributed by atoms with Crippen molar-refractivity contribution < 1.29 is 4.74 Å². The zero-order chi connectivity index (χ0) is 10.8. The Morgan fingerprint density at radius 3 is 2.87 bits per heavy atom. The second-order valence-electron chi connectivity index (χ2n) is 2.95. The summed E-state index contributed by atoms with van der Waals surface area (Å²) in [5.74, 6) is 0.710. The van der Waals surface area contributed by atoms with E-state index in [2.05, 4.69) is 20.9 Å². The number of ether oxygens (including phenoxy) is 1. The fraction of sp³-hybridized carbons (Fsp3) is 0.100. The van der Waals surface area contributed by atoms with Gasteiger partial charge in [-0.05, 0) is 28.1 Å². The average Bonchev–Trinajstić information content (AvgIpc) is 2.65. The number of hydrogen-bond acceptors (Lipinski definition) is 2. The molecule has 78 valence electrons. The van der Waals surface area contributed by atoms with Crippen LogP contribution in [0.2, 0.25) is 0 Å². The molecule has 0 unspecified atom stereocenters. The van der Waals surface area contributed by atoms with Gasteiger partial charge in [0.15, 0.2) is 0 Å². The van der Waals surface area contributed by atoms with Crippen molar-refractivity contribution in [1.82, 2.24) is 9.55 Å². The van der Waals surface area contributed by atoms with Crippen LogP contribution in [0.5, 0.6) is 5.75 Å². The first kappa shape index (κ1) is 10.0. The van der Waals surface area contributed by atoms with Crippen LogP contribution in [0.4, 0.5) is 0 Å². The predicted octanol–water partition coefficient (Wildman–Crippen LogP) is 1.94. The third kappa shape index (κ3) is 1.83. The fourth-order valence-corrected chi connectivity index (χ4v) is 1.75. The summed E-state index contributed by atoms with van der Waals surface area (Å²) in [6, 6.07) is 5.46. The normalized spacial score (nSPS) is 10.3. The highest BCUT2D eigenvalue weighted by atomic mass is 79.9. The van der Waals surface area contributed by atoms with Crippen LogP contribution >= 0.6 is 15.9 Å². The molecule has 0 aliphatic heterocycles. The second kappa shape index (κ2) is 3.94. The molecule has 0 atom stereocenters. The number of methoxy groups -OCH3 is 1. The summed E-state index contributed by atoms with van der Waals surface area (Å²) >= 11 is 3.39. The topological polar surface area (TPSA) is 47.0 Å². The molecule has 0 saturated carbocycles. The van der Waals surface area contributed by atoms with E-state index < -0.39 is 0 Å². The smallest absolute Gasteiger partial charge is 0.330 e. The molecule has 1 aromatic heterocycles. The van der Waals surface area contributed by atoms with Gasteiger partial charge in [-0.25, -0.2) is 4.79 Å². The Morgan fingerprint density at radius 1 is 1.47 bits per heavy atom. The van der Waals surface area contributed by atoms with Crippen LogP contribution in [0.3, 0.4) is 0 Å². The summed E-state index contributed by atoms with van der Waals surface area (Å²) in [7, 11) is 1.59. The maximum Gasteiger partial charge on any atom is 0.330 e. The van der Waals surface area contributed by atoms with Gasteiger partial charge in [-0.1, -0.05) is 0 Å². The number of hydrogen-bond donors (Lipinski definition) is 1. The van der Waals surface area contributed by atoms with Gasteiger partial charge in [0, 0.05) is 22.9 Å². The first-order chi connectivity index (χ1) is 7.22. The largest absolute Gasteiger partial charge is 0.497 e. The Morgan fingerprint density at radius 2 is 2.27 bits per heavy atom. The van der Waals surface area contributed by atoms with E-state index in [1.807, 2.05) is 12.1 Å². The van der Waals surface area contributed by atoms with Gasteiger partial charge in [-0.2, -0.15) is 0 Å². The SMILES string of the molecule is COc1ccc(Br)c(-n2cc[nH]c2=O)c1. The summed E-state index contributed by atoms with van der Waals surface area (Å²) < 4.78 is 7.45. The molecule has 0 bridgehead atoms. The molecule has 4 nitrogen and oxygen atoms in total. The molecule has 2 rings (SSSR count). The van der Waals surface area contributed by atoms with E-state index in [0.717, 1.165) is 10.2 Å². The van der Waals surface area contributed by atoms with Crippen molar-refractivity contribution in [3.05, 3.63) is 45.5 Å². The van der Waals surface area contributed by atoms with Gasteiger partial charge >= 0.3 is 5.69 Å². The van der Waals surface area contributed by atoms with Crippen molar-refractivity contribution in [2.45, 2.75) is 0 Å². The third-order valence-electron chi connectivity index (χ3n) is 2.06. The molecule has 0 fully saturated rings. The molecule has 2 aromatic rings. The van der Waals surface area contributed by atoms with Crippen LogP contribution in [0.1, 0.15) is 0 Å². The van der Waals surface area contributed by atoms with Crippen LogP contribution in [0.15, 0.2) is 39.9 Å². The molecule has 0 saturated heterocycles. The van der Waals surface area contributed by atoms with Crippen LogP contribution < -0.4 is 10.4 Å². The van der Waals surface area contributed by atoms with Crippen LogP contribution in [0.25, 0.3) is 5.69 Å². The van der Waals surface area contributed by atoms with Gasteiger partial charge in [-0.15, -0.1) is 0 Å². The lowest BCUT2D eigenvalue weighted by Crippen LogP contribution is -2.14. The van der Waals surface area contributed by atoms with E-state index in [1.54, 1.807) is 25.6 Å². The molecule has 1 heterocycles. The minimum Gasteiger partial charge on any atom is -0.497 e. The molecule has 1 aromatic carbocycles. The van der Waals surface area contributed by atoms with Gasteiger partial charge < -0.3 is 9.72 Å². The summed E-state index contributed by atoms with van der Waals surface area (Å²) in [6.07, 6.45) is 3.26. The Labute approximate surface area is 94.6 Å². The van der Waals surface area contributed by atoms with Crippen molar-refractivity contribution in [3.63, 3.8) is 0 Å². The Hall–Kier alpha value is -1.49. The second-order valence-corrected chi connectivity index (χ2v) is 3.81. The van der Waals surface area contributed by atoms with Crippen LogP contribution in [0, 0.1) is 0 Å². The number of nitrogens with zero attached hydrogens (tertiary/aromatic N) is 1. The molecule has 0 aliphatic carbocycles. The molecule has 0 radical (unpaired) electrons. The van der Waals surface area contributed by atoms with Crippen molar-refractivity contribution in [2.75, 3.05) is 7.11 Å². The van der Waals surface area contributed by atoms with E-state index in [0.29, 0.717) is 5.75 Å². The number of nitrogens with one attached hydrogen (secondary N) is 1. The van der Waals surface area contributed by atoms with Gasteiger partial charge in [0.2, 0.25) is 0 Å². The number of rotatable bonds is 2. The van der Waals surface area contributed by atoms with E-state index in [-0.39, 0.29) is 5.69 Å². The predicted molar refractivity (Wildman–Crippen MR) is 60.6 cm³/mol. The highest BCUT2D eigenvalue weighted by molar-refractivity contribution is 9.10. The van der Waals surface area contributed by atoms with Gasteiger partial charge in [0.05, 0.1) is 12.8 Å².